The van der Waals surface area contributed by atoms with Gasteiger partial charge in [-0.3, -0.25) is 4.79 Å². The van der Waals surface area contributed by atoms with E-state index < -0.39 is 6.04 Å². The predicted molar refractivity (Wildman–Crippen MR) is 67.0 cm³/mol. The molecule has 0 spiro atoms. The van der Waals surface area contributed by atoms with Gasteiger partial charge in [-0.05, 0) is 51.4 Å². The summed E-state index contributed by atoms with van der Waals surface area (Å²) in [6.45, 7) is 8.45. The molecule has 0 radical (unpaired) electrons. The van der Waals surface area contributed by atoms with Crippen molar-refractivity contribution >= 4 is 5.91 Å². The Morgan fingerprint density at radius 2 is 1.81 bits per heavy atom. The van der Waals surface area contributed by atoms with E-state index in [1.54, 1.807) is 6.92 Å². The second-order valence-electron chi connectivity index (χ2n) is 5.92. The van der Waals surface area contributed by atoms with Crippen molar-refractivity contribution in [2.45, 2.75) is 65.0 Å². The number of nitrogens with two attached hydrogens (primary N) is 1. The fourth-order valence-corrected chi connectivity index (χ4v) is 2.48. The van der Waals surface area contributed by atoms with Crippen molar-refractivity contribution in [1.82, 2.24) is 5.32 Å². The molecule has 94 valence electrons. The van der Waals surface area contributed by atoms with E-state index in [1.807, 2.05) is 0 Å². The molecule has 1 amide bonds. The topological polar surface area (TPSA) is 55.1 Å². The highest BCUT2D eigenvalue weighted by molar-refractivity contribution is 5.81. The minimum Gasteiger partial charge on any atom is -0.350 e. The third kappa shape index (κ3) is 3.48. The van der Waals surface area contributed by atoms with Crippen molar-refractivity contribution in [2.75, 3.05) is 0 Å². The number of carbonyl (C=O) groups excluding carboxylic acids is 1. The Labute approximate surface area is 99.2 Å². The van der Waals surface area contributed by atoms with Crippen LogP contribution in [0.4, 0.5) is 0 Å². The average Bonchev–Trinajstić information content (AvgIpc) is 2.17. The summed E-state index contributed by atoms with van der Waals surface area (Å²) in [7, 11) is 0. The second kappa shape index (κ2) is 5.17. The standard InChI is InChI=1S/C13H26N2O/c1-9(2)11-5-7-13(4,8-6-11)15-12(16)10(3)14/h9-11H,5-8,14H2,1-4H3,(H,15,16)/t10-,11?,13?/m0/s1. The number of rotatable bonds is 3. The van der Waals surface area contributed by atoms with Crippen LogP contribution in [-0.4, -0.2) is 17.5 Å². The SMILES string of the molecule is CC(C)C1CCC(C)(NC(=O)[C@H](C)N)CC1. The van der Waals surface area contributed by atoms with Crippen LogP contribution in [0.15, 0.2) is 0 Å². The van der Waals surface area contributed by atoms with E-state index in [0.29, 0.717) is 0 Å². The lowest BCUT2D eigenvalue weighted by atomic mass is 9.73. The molecule has 1 fully saturated rings. The van der Waals surface area contributed by atoms with Crippen LogP contribution >= 0.6 is 0 Å². The number of amides is 1. The summed E-state index contributed by atoms with van der Waals surface area (Å²) in [4.78, 5) is 11.6. The third-order valence-electron chi connectivity index (χ3n) is 3.92. The zero-order valence-electron chi connectivity index (χ0n) is 11.0. The van der Waals surface area contributed by atoms with Gasteiger partial charge >= 0.3 is 0 Å². The average molecular weight is 226 g/mol. The monoisotopic (exact) mass is 226 g/mol. The highest BCUT2D eigenvalue weighted by Crippen LogP contribution is 2.35. The summed E-state index contributed by atoms with van der Waals surface area (Å²) in [5.74, 6) is 1.56. The van der Waals surface area contributed by atoms with Crippen LogP contribution in [0.1, 0.15) is 53.4 Å². The first-order valence-corrected chi connectivity index (χ1v) is 6.42. The van der Waals surface area contributed by atoms with Gasteiger partial charge in [-0.1, -0.05) is 13.8 Å². The molecule has 16 heavy (non-hydrogen) atoms. The summed E-state index contributed by atoms with van der Waals surface area (Å²) in [6.07, 6.45) is 4.59. The first kappa shape index (κ1) is 13.5. The van der Waals surface area contributed by atoms with Crippen LogP contribution in [-0.2, 0) is 4.79 Å². The van der Waals surface area contributed by atoms with Crippen molar-refractivity contribution in [3.8, 4) is 0 Å². The van der Waals surface area contributed by atoms with Gasteiger partial charge in [0.15, 0.2) is 0 Å². The molecule has 0 aromatic rings. The van der Waals surface area contributed by atoms with Gasteiger partial charge in [0.2, 0.25) is 5.91 Å². The zero-order valence-corrected chi connectivity index (χ0v) is 11.0. The van der Waals surface area contributed by atoms with Gasteiger partial charge in [0, 0.05) is 5.54 Å². The molecule has 0 aliphatic heterocycles. The van der Waals surface area contributed by atoms with Crippen molar-refractivity contribution < 1.29 is 4.79 Å². The Kier molecular flexibility index (Phi) is 4.36. The summed E-state index contributed by atoms with van der Waals surface area (Å²) >= 11 is 0. The van der Waals surface area contributed by atoms with Crippen LogP contribution < -0.4 is 11.1 Å². The Hall–Kier alpha value is -0.570. The van der Waals surface area contributed by atoms with Gasteiger partial charge in [-0.2, -0.15) is 0 Å². The molecule has 0 saturated heterocycles. The van der Waals surface area contributed by atoms with Gasteiger partial charge in [0.05, 0.1) is 6.04 Å². The Balaban J connectivity index is 2.47. The minimum absolute atomic E-state index is 0.0227. The summed E-state index contributed by atoms with van der Waals surface area (Å²) < 4.78 is 0. The molecule has 1 saturated carbocycles. The maximum Gasteiger partial charge on any atom is 0.237 e. The van der Waals surface area contributed by atoms with Crippen LogP contribution in [0, 0.1) is 11.8 Å². The number of carbonyl (C=O) groups is 1. The van der Waals surface area contributed by atoms with Crippen molar-refractivity contribution in [3.63, 3.8) is 0 Å². The highest BCUT2D eigenvalue weighted by Gasteiger charge is 2.33. The van der Waals surface area contributed by atoms with E-state index in [2.05, 4.69) is 26.1 Å². The van der Waals surface area contributed by atoms with Crippen molar-refractivity contribution in [1.29, 1.82) is 0 Å². The van der Waals surface area contributed by atoms with Crippen LogP contribution in [0.2, 0.25) is 0 Å². The fraction of sp³-hybridized carbons (Fsp3) is 0.923. The first-order valence-electron chi connectivity index (χ1n) is 6.42. The van der Waals surface area contributed by atoms with E-state index in [1.165, 1.54) is 12.8 Å². The maximum absolute atomic E-state index is 11.6. The molecular formula is C13H26N2O. The smallest absolute Gasteiger partial charge is 0.237 e. The molecule has 0 unspecified atom stereocenters. The maximum atomic E-state index is 11.6. The number of nitrogens with one attached hydrogen (secondary N) is 1. The van der Waals surface area contributed by atoms with Crippen LogP contribution in [0.3, 0.4) is 0 Å². The molecule has 3 nitrogen and oxygen atoms in total. The van der Waals surface area contributed by atoms with Gasteiger partial charge in [0.1, 0.15) is 0 Å². The Bertz CT molecular complexity index is 240. The Morgan fingerprint density at radius 1 is 1.31 bits per heavy atom. The Morgan fingerprint density at radius 3 is 2.19 bits per heavy atom. The quantitative estimate of drug-likeness (QED) is 0.774. The third-order valence-corrected chi connectivity index (χ3v) is 3.92. The molecule has 3 heteroatoms. The largest absolute Gasteiger partial charge is 0.350 e. The second-order valence-corrected chi connectivity index (χ2v) is 5.92. The summed E-state index contributed by atoms with van der Waals surface area (Å²) in [5.41, 5.74) is 5.54. The number of hydrogen-bond acceptors (Lipinski definition) is 2. The first-order chi connectivity index (χ1) is 7.34. The molecule has 0 aromatic carbocycles. The lowest BCUT2D eigenvalue weighted by molar-refractivity contribution is -0.124. The molecule has 0 bridgehead atoms. The minimum atomic E-state index is -0.403. The molecule has 1 atom stereocenters. The van der Waals surface area contributed by atoms with E-state index in [0.717, 1.165) is 24.7 Å². The molecule has 0 heterocycles. The van der Waals surface area contributed by atoms with Crippen LogP contribution in [0.25, 0.3) is 0 Å². The van der Waals surface area contributed by atoms with E-state index in [4.69, 9.17) is 5.73 Å². The molecule has 1 aliphatic carbocycles. The number of hydrogen-bond donors (Lipinski definition) is 2. The fourth-order valence-electron chi connectivity index (χ4n) is 2.48. The van der Waals surface area contributed by atoms with Gasteiger partial charge in [0.25, 0.3) is 0 Å². The summed E-state index contributed by atoms with van der Waals surface area (Å²) in [6, 6.07) is -0.403. The molecule has 1 rings (SSSR count). The normalized spacial score (nSPS) is 32.5. The van der Waals surface area contributed by atoms with Crippen molar-refractivity contribution in [2.24, 2.45) is 17.6 Å². The molecule has 3 N–H and O–H groups in total. The van der Waals surface area contributed by atoms with Gasteiger partial charge in [-0.15, -0.1) is 0 Å². The zero-order chi connectivity index (χ0) is 12.3. The van der Waals surface area contributed by atoms with Gasteiger partial charge < -0.3 is 11.1 Å². The molecular weight excluding hydrogens is 200 g/mol. The summed E-state index contributed by atoms with van der Waals surface area (Å²) in [5, 5.41) is 3.09. The lowest BCUT2D eigenvalue weighted by Crippen LogP contribution is -2.53. The van der Waals surface area contributed by atoms with Gasteiger partial charge in [-0.25, -0.2) is 0 Å². The highest BCUT2D eigenvalue weighted by atomic mass is 16.2. The van der Waals surface area contributed by atoms with E-state index in [9.17, 15) is 4.79 Å². The lowest BCUT2D eigenvalue weighted by Gasteiger charge is -2.39. The van der Waals surface area contributed by atoms with E-state index in [-0.39, 0.29) is 11.4 Å². The van der Waals surface area contributed by atoms with E-state index >= 15 is 0 Å². The van der Waals surface area contributed by atoms with Crippen molar-refractivity contribution in [3.05, 3.63) is 0 Å². The molecule has 0 aromatic heterocycles. The van der Waals surface area contributed by atoms with Crippen LogP contribution in [0.5, 0.6) is 0 Å². The predicted octanol–water partition coefficient (Wildman–Crippen LogP) is 2.05. The molecule has 1 aliphatic rings.